The van der Waals surface area contributed by atoms with Crippen molar-refractivity contribution >= 4 is 23.3 Å². The number of H-pyrrole nitrogens is 1. The standard InChI is InChI=1S/C25H26N4O4/c1-15-9-8-12-29-22(15)27-21(18-10-6-5-7-11-18)23(29)28-24(30)20-16(2)19(17(3)26-20)25(31)33-14-13-32-4/h5-12,26H,13-14H2,1-4H3,(H,28,30). The SMILES string of the molecule is COCCOC(=O)c1c(C)[nH]c(C(=O)Nc2c(-c3ccccc3)nc3c(C)cccn23)c1C. The molecule has 4 rings (SSSR count). The summed E-state index contributed by atoms with van der Waals surface area (Å²) in [6, 6.07) is 13.6. The molecule has 8 heteroatoms. The second-order valence-corrected chi connectivity index (χ2v) is 7.77. The second kappa shape index (κ2) is 9.30. The molecular formula is C25H26N4O4. The molecule has 0 aliphatic heterocycles. The van der Waals surface area contributed by atoms with E-state index >= 15 is 0 Å². The zero-order valence-corrected chi connectivity index (χ0v) is 19.1. The van der Waals surface area contributed by atoms with E-state index in [1.54, 1.807) is 13.8 Å². The molecule has 8 nitrogen and oxygen atoms in total. The molecule has 2 N–H and O–H groups in total. The van der Waals surface area contributed by atoms with E-state index in [-0.39, 0.29) is 12.5 Å². The smallest absolute Gasteiger partial charge is 0.340 e. The van der Waals surface area contributed by atoms with Crippen molar-refractivity contribution < 1.29 is 19.1 Å². The highest BCUT2D eigenvalue weighted by molar-refractivity contribution is 6.08. The molecule has 1 amide bonds. The Morgan fingerprint density at radius 3 is 2.55 bits per heavy atom. The number of fused-ring (bicyclic) bond motifs is 1. The molecule has 1 aromatic carbocycles. The van der Waals surface area contributed by atoms with Crippen LogP contribution < -0.4 is 5.32 Å². The number of esters is 1. The van der Waals surface area contributed by atoms with Crippen LogP contribution in [0.2, 0.25) is 0 Å². The first kappa shape index (κ1) is 22.3. The van der Waals surface area contributed by atoms with Gasteiger partial charge >= 0.3 is 5.97 Å². The number of pyridine rings is 1. The Labute approximate surface area is 191 Å². The van der Waals surface area contributed by atoms with Gasteiger partial charge < -0.3 is 19.8 Å². The second-order valence-electron chi connectivity index (χ2n) is 7.77. The van der Waals surface area contributed by atoms with Crippen molar-refractivity contribution in [2.75, 3.05) is 25.6 Å². The van der Waals surface area contributed by atoms with Gasteiger partial charge in [-0.2, -0.15) is 0 Å². The van der Waals surface area contributed by atoms with Crippen LogP contribution in [0.25, 0.3) is 16.9 Å². The number of nitrogens with one attached hydrogen (secondary N) is 2. The lowest BCUT2D eigenvalue weighted by Gasteiger charge is -2.08. The number of nitrogens with zero attached hydrogens (tertiary/aromatic N) is 2. The maximum atomic E-state index is 13.3. The van der Waals surface area contributed by atoms with Gasteiger partial charge in [0.05, 0.1) is 12.2 Å². The number of carbonyl (C=O) groups excluding carboxylic acids is 2. The van der Waals surface area contributed by atoms with Crippen molar-refractivity contribution in [2.24, 2.45) is 0 Å². The first-order valence-corrected chi connectivity index (χ1v) is 10.6. The van der Waals surface area contributed by atoms with Gasteiger partial charge in [0.2, 0.25) is 0 Å². The number of hydrogen-bond donors (Lipinski definition) is 2. The van der Waals surface area contributed by atoms with Crippen molar-refractivity contribution in [1.29, 1.82) is 0 Å². The molecule has 33 heavy (non-hydrogen) atoms. The Morgan fingerprint density at radius 1 is 1.06 bits per heavy atom. The minimum Gasteiger partial charge on any atom is -0.460 e. The molecule has 0 atom stereocenters. The molecule has 0 bridgehead atoms. The Morgan fingerprint density at radius 2 is 1.82 bits per heavy atom. The molecule has 4 aromatic rings. The van der Waals surface area contributed by atoms with Crippen LogP contribution >= 0.6 is 0 Å². The molecule has 170 valence electrons. The number of benzene rings is 1. The van der Waals surface area contributed by atoms with Crippen LogP contribution in [-0.4, -0.2) is 46.6 Å². The number of aryl methyl sites for hydroxylation is 2. The van der Waals surface area contributed by atoms with Gasteiger partial charge in [-0.25, -0.2) is 9.78 Å². The van der Waals surface area contributed by atoms with E-state index in [4.69, 9.17) is 14.5 Å². The summed E-state index contributed by atoms with van der Waals surface area (Å²) in [7, 11) is 1.54. The fraction of sp³-hybridized carbons (Fsp3) is 0.240. The molecule has 0 saturated carbocycles. The number of methoxy groups -OCH3 is 1. The number of hydrogen-bond acceptors (Lipinski definition) is 5. The van der Waals surface area contributed by atoms with Crippen LogP contribution in [0, 0.1) is 20.8 Å². The Hall–Kier alpha value is -3.91. The van der Waals surface area contributed by atoms with Crippen molar-refractivity contribution in [3.63, 3.8) is 0 Å². The van der Waals surface area contributed by atoms with Crippen LogP contribution in [0.1, 0.15) is 37.7 Å². The fourth-order valence-corrected chi connectivity index (χ4v) is 3.86. The van der Waals surface area contributed by atoms with Gasteiger partial charge in [-0.15, -0.1) is 0 Å². The Kier molecular flexibility index (Phi) is 6.28. The average Bonchev–Trinajstić information content (AvgIpc) is 3.32. The van der Waals surface area contributed by atoms with Gasteiger partial charge in [0.25, 0.3) is 5.91 Å². The maximum Gasteiger partial charge on any atom is 0.340 e. The number of aromatic nitrogens is 3. The highest BCUT2D eigenvalue weighted by Gasteiger charge is 2.25. The predicted octanol–water partition coefficient (Wildman–Crippen LogP) is 4.31. The summed E-state index contributed by atoms with van der Waals surface area (Å²) in [5.41, 5.74) is 5.05. The van der Waals surface area contributed by atoms with Crippen LogP contribution in [-0.2, 0) is 9.47 Å². The molecule has 0 aliphatic carbocycles. The third-order valence-corrected chi connectivity index (χ3v) is 5.51. The highest BCUT2D eigenvalue weighted by Crippen LogP contribution is 2.30. The zero-order valence-electron chi connectivity index (χ0n) is 19.1. The zero-order chi connectivity index (χ0) is 23.5. The lowest BCUT2D eigenvalue weighted by Crippen LogP contribution is -2.16. The predicted molar refractivity (Wildman–Crippen MR) is 126 cm³/mol. The summed E-state index contributed by atoms with van der Waals surface area (Å²) < 4.78 is 12.0. The van der Waals surface area contributed by atoms with E-state index in [0.717, 1.165) is 16.8 Å². The number of anilines is 1. The summed E-state index contributed by atoms with van der Waals surface area (Å²) in [5, 5.41) is 3.01. The Balaban J connectivity index is 1.71. The van der Waals surface area contributed by atoms with E-state index in [9.17, 15) is 9.59 Å². The molecule has 3 heterocycles. The van der Waals surface area contributed by atoms with Crippen molar-refractivity contribution in [1.82, 2.24) is 14.4 Å². The first-order chi connectivity index (χ1) is 15.9. The van der Waals surface area contributed by atoms with Crippen LogP contribution in [0.4, 0.5) is 5.82 Å². The molecule has 3 aromatic heterocycles. The van der Waals surface area contributed by atoms with Crippen molar-refractivity contribution in [2.45, 2.75) is 20.8 Å². The number of aromatic amines is 1. The number of carbonyl (C=O) groups is 2. The first-order valence-electron chi connectivity index (χ1n) is 10.6. The molecule has 0 saturated heterocycles. The van der Waals surface area contributed by atoms with Gasteiger partial charge in [-0.1, -0.05) is 36.4 Å². The summed E-state index contributed by atoms with van der Waals surface area (Å²) in [6.45, 7) is 5.88. The summed E-state index contributed by atoms with van der Waals surface area (Å²) >= 11 is 0. The van der Waals surface area contributed by atoms with E-state index < -0.39 is 5.97 Å². The van der Waals surface area contributed by atoms with E-state index in [0.29, 0.717) is 40.6 Å². The van der Waals surface area contributed by atoms with Crippen LogP contribution in [0.3, 0.4) is 0 Å². The summed E-state index contributed by atoms with van der Waals surface area (Å²) in [5.74, 6) is -0.305. The molecule has 0 radical (unpaired) electrons. The molecule has 0 aliphatic rings. The van der Waals surface area contributed by atoms with E-state index in [1.807, 2.05) is 60.0 Å². The van der Waals surface area contributed by atoms with Gasteiger partial charge in [0, 0.05) is 24.6 Å². The third kappa shape index (κ3) is 4.25. The topological polar surface area (TPSA) is 97.7 Å². The quantitative estimate of drug-likeness (QED) is 0.326. The van der Waals surface area contributed by atoms with E-state index in [1.165, 1.54) is 7.11 Å². The van der Waals surface area contributed by atoms with Gasteiger partial charge in [0.1, 0.15) is 29.5 Å². The minimum absolute atomic E-state index is 0.141. The minimum atomic E-state index is -0.493. The van der Waals surface area contributed by atoms with E-state index in [2.05, 4.69) is 10.3 Å². The van der Waals surface area contributed by atoms with Crippen LogP contribution in [0.15, 0.2) is 48.7 Å². The number of imidazole rings is 1. The molecule has 0 unspecified atom stereocenters. The van der Waals surface area contributed by atoms with Gasteiger partial charge in [0.15, 0.2) is 0 Å². The Bertz CT molecular complexity index is 1320. The van der Waals surface area contributed by atoms with Crippen molar-refractivity contribution in [3.05, 3.63) is 76.7 Å². The number of ether oxygens (including phenoxy) is 2. The monoisotopic (exact) mass is 446 g/mol. The molecule has 0 spiro atoms. The largest absolute Gasteiger partial charge is 0.460 e. The summed E-state index contributed by atoms with van der Waals surface area (Å²) in [4.78, 5) is 33.7. The number of amides is 1. The summed E-state index contributed by atoms with van der Waals surface area (Å²) in [6.07, 6.45) is 1.86. The molecule has 0 fully saturated rings. The number of rotatable bonds is 7. The van der Waals surface area contributed by atoms with Crippen LogP contribution in [0.5, 0.6) is 0 Å². The average molecular weight is 447 g/mol. The third-order valence-electron chi connectivity index (χ3n) is 5.51. The normalized spacial score (nSPS) is 11.0. The maximum absolute atomic E-state index is 13.3. The van der Waals surface area contributed by atoms with Gasteiger partial charge in [-0.05, 0) is 38.0 Å². The van der Waals surface area contributed by atoms with Crippen molar-refractivity contribution in [3.8, 4) is 11.3 Å². The highest BCUT2D eigenvalue weighted by atomic mass is 16.6. The fourth-order valence-electron chi connectivity index (χ4n) is 3.86. The van der Waals surface area contributed by atoms with Gasteiger partial charge in [-0.3, -0.25) is 9.20 Å². The molecular weight excluding hydrogens is 420 g/mol. The lowest BCUT2D eigenvalue weighted by atomic mass is 10.1. The lowest BCUT2D eigenvalue weighted by molar-refractivity contribution is 0.0387.